The van der Waals surface area contributed by atoms with Gasteiger partial charge in [-0.3, -0.25) is 38.8 Å². The maximum Gasteiger partial charge on any atom is 0.255 e. The molecule has 1 fully saturated rings. The highest BCUT2D eigenvalue weighted by Gasteiger charge is 2.40. The predicted molar refractivity (Wildman–Crippen MR) is 247 cm³/mol. The zero-order valence-corrected chi connectivity index (χ0v) is 38.6. The summed E-state index contributed by atoms with van der Waals surface area (Å²) < 4.78 is 12.9. The van der Waals surface area contributed by atoms with Crippen LogP contribution in [-0.4, -0.2) is 118 Å². The van der Waals surface area contributed by atoms with Gasteiger partial charge in [0.05, 0.1) is 50.8 Å². The van der Waals surface area contributed by atoms with Gasteiger partial charge >= 0.3 is 0 Å². The molecule has 0 saturated carbocycles. The monoisotopic (exact) mass is 952 g/mol. The summed E-state index contributed by atoms with van der Waals surface area (Å²) in [6, 6.07) is 11.0. The fourth-order valence-electron chi connectivity index (χ4n) is 8.26. The van der Waals surface area contributed by atoms with Crippen LogP contribution in [0.3, 0.4) is 0 Å². The molecule has 67 heavy (non-hydrogen) atoms. The zero-order valence-electron chi connectivity index (χ0n) is 37.0. The number of ether oxygens (including phenoxy) is 2. The topological polar surface area (TPSA) is 235 Å². The molecule has 22 heteroatoms. The first-order valence-corrected chi connectivity index (χ1v) is 23.0. The van der Waals surface area contributed by atoms with Gasteiger partial charge < -0.3 is 40.1 Å². The standard InChI is InChI=1S/C45H49ClN12O8S/c1-4-34-45(64)55(2)36-20-48-38(51-41(36)57(34)22-30-18-28(46)25-67-30)17-26-8-9-27(16-37(26)65-3)42(61)49-19-29-21-56(54-53-29)14-12-47-13-15-66-24-40(60)50-33-7-5-6-31-32(33)23-58(44(31)63)35-10-11-39(59)52-43(35)62/h5-9,16,18,20-21,25,34-35,47H,4,10-15,17,19,22-24H2,1-3H3,(H,49,61)(H,50,60)(H,52,59,62)/t34-,35?/m1/s1. The number of halogens is 1. The normalized spacial score (nSPS) is 16.8. The smallest absolute Gasteiger partial charge is 0.255 e. The maximum absolute atomic E-state index is 13.3. The summed E-state index contributed by atoms with van der Waals surface area (Å²) in [5.41, 5.74) is 3.85. The van der Waals surface area contributed by atoms with Crippen LogP contribution in [-0.2, 0) is 56.5 Å². The first-order valence-electron chi connectivity index (χ1n) is 21.7. The van der Waals surface area contributed by atoms with Gasteiger partial charge in [0.15, 0.2) is 5.82 Å². The highest BCUT2D eigenvalue weighted by molar-refractivity contribution is 7.10. The van der Waals surface area contributed by atoms with Gasteiger partial charge in [0.1, 0.15) is 41.6 Å². The summed E-state index contributed by atoms with van der Waals surface area (Å²) in [7, 11) is 3.28. The molecule has 0 aliphatic carbocycles. The summed E-state index contributed by atoms with van der Waals surface area (Å²) in [5, 5.41) is 22.1. The van der Waals surface area contributed by atoms with E-state index in [2.05, 4.69) is 36.6 Å². The number of imide groups is 1. The predicted octanol–water partition coefficient (Wildman–Crippen LogP) is 3.08. The Morgan fingerprint density at radius 2 is 1.94 bits per heavy atom. The van der Waals surface area contributed by atoms with E-state index >= 15 is 0 Å². The van der Waals surface area contributed by atoms with Gasteiger partial charge in [-0.2, -0.15) is 0 Å². The number of rotatable bonds is 19. The molecular weight excluding hydrogens is 904 g/mol. The summed E-state index contributed by atoms with van der Waals surface area (Å²) in [5.74, 6) is -0.218. The van der Waals surface area contributed by atoms with Crippen molar-refractivity contribution in [2.45, 2.75) is 70.9 Å². The first-order chi connectivity index (χ1) is 32.4. The van der Waals surface area contributed by atoms with Crippen LogP contribution in [0, 0.1) is 0 Å². The van der Waals surface area contributed by atoms with E-state index in [1.165, 1.54) is 16.2 Å². The van der Waals surface area contributed by atoms with Crippen molar-refractivity contribution in [3.63, 3.8) is 0 Å². The van der Waals surface area contributed by atoms with Crippen molar-refractivity contribution in [1.29, 1.82) is 0 Å². The van der Waals surface area contributed by atoms with E-state index in [1.807, 2.05) is 29.3 Å². The van der Waals surface area contributed by atoms with Crippen LogP contribution in [0.15, 0.2) is 60.2 Å². The maximum atomic E-state index is 13.3. The average Bonchev–Trinajstić information content (AvgIpc) is 4.05. The molecule has 2 aromatic carbocycles. The summed E-state index contributed by atoms with van der Waals surface area (Å²) in [6.07, 6.45) is 4.75. The van der Waals surface area contributed by atoms with Crippen LogP contribution < -0.4 is 35.8 Å². The highest BCUT2D eigenvalue weighted by atomic mass is 35.5. The van der Waals surface area contributed by atoms with Crippen LogP contribution >= 0.6 is 22.9 Å². The number of thiophene rings is 1. The molecular formula is C45H49ClN12O8S. The van der Waals surface area contributed by atoms with Crippen LogP contribution in [0.5, 0.6) is 5.75 Å². The lowest BCUT2D eigenvalue weighted by atomic mass is 10.0. The second kappa shape index (κ2) is 20.8. The molecule has 8 rings (SSSR count). The van der Waals surface area contributed by atoms with Gasteiger partial charge in [0.25, 0.3) is 11.8 Å². The Balaban J connectivity index is 0.761. The number of nitrogens with one attached hydrogen (secondary N) is 4. The van der Waals surface area contributed by atoms with Crippen LogP contribution in [0.2, 0.25) is 5.02 Å². The molecule has 1 unspecified atom stereocenters. The zero-order chi connectivity index (χ0) is 47.2. The van der Waals surface area contributed by atoms with Gasteiger partial charge in [-0.1, -0.05) is 35.9 Å². The number of carbonyl (C=O) groups is 6. The lowest BCUT2D eigenvalue weighted by Crippen LogP contribution is -2.52. The lowest BCUT2D eigenvalue weighted by molar-refractivity contribution is -0.137. The molecule has 6 amide bonds. The Morgan fingerprint density at radius 1 is 1.09 bits per heavy atom. The number of hydrogen-bond donors (Lipinski definition) is 4. The molecule has 6 heterocycles. The SMILES string of the molecule is CC[C@@H]1C(=O)N(C)c2cnc(Cc3ccc(C(=O)NCc4cn(CCNCCOCC(=O)Nc5cccc6c5CN(C5CCC(=O)NC5=O)C6=O)nn4)cc3OC)nc2N1Cc1cc(Cl)cs1. The Bertz CT molecular complexity index is 2710. The summed E-state index contributed by atoms with van der Waals surface area (Å²) >= 11 is 7.75. The number of benzene rings is 2. The van der Waals surface area contributed by atoms with Gasteiger partial charge in [0.2, 0.25) is 23.6 Å². The molecule has 0 spiro atoms. The van der Waals surface area contributed by atoms with Crippen molar-refractivity contribution >= 4 is 75.6 Å². The minimum Gasteiger partial charge on any atom is -0.496 e. The van der Waals surface area contributed by atoms with E-state index in [-0.39, 0.29) is 68.7 Å². The molecule has 2 atom stereocenters. The second-order valence-electron chi connectivity index (χ2n) is 16.1. The van der Waals surface area contributed by atoms with E-state index in [0.717, 1.165) is 10.4 Å². The number of anilines is 3. The molecule has 1 saturated heterocycles. The van der Waals surface area contributed by atoms with Gasteiger partial charge in [-0.15, -0.1) is 16.4 Å². The Morgan fingerprint density at radius 3 is 2.72 bits per heavy atom. The third kappa shape index (κ3) is 10.6. The highest BCUT2D eigenvalue weighted by Crippen LogP contribution is 2.37. The number of likely N-dealkylation sites (N-methyl/N-ethyl adjacent to an activating group) is 1. The molecule has 3 aliphatic heterocycles. The molecule has 3 aliphatic rings. The van der Waals surface area contributed by atoms with Crippen molar-refractivity contribution in [2.24, 2.45) is 0 Å². The van der Waals surface area contributed by atoms with Crippen molar-refractivity contribution in [1.82, 2.24) is 45.8 Å². The molecule has 3 aromatic heterocycles. The molecule has 0 radical (unpaired) electrons. The number of piperidine rings is 1. The summed E-state index contributed by atoms with van der Waals surface area (Å²) in [6.45, 7) is 4.31. The van der Waals surface area contributed by atoms with Gasteiger partial charge in [-0.05, 0) is 43.2 Å². The number of amides is 6. The fourth-order valence-corrected chi connectivity index (χ4v) is 9.33. The minimum atomic E-state index is -0.750. The Hall–Kier alpha value is -6.81. The Kier molecular flexibility index (Phi) is 14.5. The fraction of sp³-hybridized carbons (Fsp3) is 0.378. The van der Waals surface area contributed by atoms with Crippen molar-refractivity contribution in [3.05, 3.63) is 104 Å². The third-order valence-electron chi connectivity index (χ3n) is 11.7. The second-order valence-corrected chi connectivity index (χ2v) is 17.5. The number of fused-ring (bicyclic) bond motifs is 2. The van der Waals surface area contributed by atoms with Gasteiger partial charge in [-0.25, -0.2) is 9.97 Å². The average molecular weight is 953 g/mol. The molecule has 0 bridgehead atoms. The number of methoxy groups -OCH3 is 1. The molecule has 5 aromatic rings. The van der Waals surface area contributed by atoms with E-state index in [0.29, 0.717) is 95.2 Å². The quantitative estimate of drug-likeness (QED) is 0.0689. The first kappa shape index (κ1) is 46.7. The van der Waals surface area contributed by atoms with Crippen molar-refractivity contribution in [2.75, 3.05) is 55.6 Å². The minimum absolute atomic E-state index is 0.0244. The van der Waals surface area contributed by atoms with Crippen molar-refractivity contribution < 1.29 is 38.2 Å². The van der Waals surface area contributed by atoms with Crippen LogP contribution in [0.25, 0.3) is 0 Å². The van der Waals surface area contributed by atoms with E-state index in [1.54, 1.807) is 66.5 Å². The molecule has 20 nitrogen and oxygen atoms in total. The summed E-state index contributed by atoms with van der Waals surface area (Å²) in [4.78, 5) is 91.9. The van der Waals surface area contributed by atoms with E-state index in [9.17, 15) is 28.8 Å². The van der Waals surface area contributed by atoms with Gasteiger partial charge in [0, 0.05) is 77.7 Å². The number of aromatic nitrogens is 5. The lowest BCUT2D eigenvalue weighted by Gasteiger charge is -2.40. The van der Waals surface area contributed by atoms with Crippen molar-refractivity contribution in [3.8, 4) is 5.75 Å². The number of carbonyl (C=O) groups excluding carboxylic acids is 6. The molecule has 350 valence electrons. The van der Waals surface area contributed by atoms with Crippen LogP contribution in [0.1, 0.15) is 74.4 Å². The largest absolute Gasteiger partial charge is 0.496 e. The van der Waals surface area contributed by atoms with Crippen LogP contribution in [0.4, 0.5) is 17.2 Å². The molecule has 4 N–H and O–H groups in total. The van der Waals surface area contributed by atoms with E-state index < -0.39 is 18.0 Å². The van der Waals surface area contributed by atoms with E-state index in [4.69, 9.17) is 26.1 Å². The number of hydrogen-bond acceptors (Lipinski definition) is 15. The third-order valence-corrected chi connectivity index (χ3v) is 13.0. The number of nitrogens with zero attached hydrogens (tertiary/aromatic N) is 8. The Labute approximate surface area is 394 Å².